The number of nitrogens with one attached hydrogen (secondary N) is 1. The second-order valence-corrected chi connectivity index (χ2v) is 5.07. The molecule has 1 N–H and O–H groups in total. The molecule has 0 bridgehead atoms. The average Bonchev–Trinajstić information content (AvgIpc) is 2.49. The lowest BCUT2D eigenvalue weighted by Crippen LogP contribution is -2.24. The molecule has 0 heterocycles. The second-order valence-electron chi connectivity index (χ2n) is 5.07. The van der Waals surface area contributed by atoms with E-state index in [1.807, 2.05) is 18.2 Å². The second kappa shape index (κ2) is 10.2. The van der Waals surface area contributed by atoms with Crippen LogP contribution < -0.4 is 5.32 Å². The van der Waals surface area contributed by atoms with Crippen molar-refractivity contribution in [2.24, 2.45) is 0 Å². The average molecular weight is 275 g/mol. The van der Waals surface area contributed by atoms with Crippen molar-refractivity contribution < 1.29 is 9.59 Å². The number of ketones is 1. The Morgan fingerprint density at radius 1 is 0.950 bits per heavy atom. The third kappa shape index (κ3) is 7.07. The molecule has 110 valence electrons. The summed E-state index contributed by atoms with van der Waals surface area (Å²) in [6.07, 6.45) is 6.54. The molecule has 0 aliphatic carbocycles. The van der Waals surface area contributed by atoms with Crippen LogP contribution in [-0.4, -0.2) is 18.2 Å². The van der Waals surface area contributed by atoms with Crippen LogP contribution in [0, 0.1) is 0 Å². The maximum absolute atomic E-state index is 11.7. The van der Waals surface area contributed by atoms with Crippen LogP contribution in [0.3, 0.4) is 0 Å². The van der Waals surface area contributed by atoms with Crippen LogP contribution in [-0.2, 0) is 4.79 Å². The normalized spacial score (nSPS) is 10.2. The van der Waals surface area contributed by atoms with Crippen LogP contribution in [0.15, 0.2) is 30.3 Å². The number of Topliss-reactive ketones (excluding diaryl/α,β-unsaturated/α-hetero) is 1. The summed E-state index contributed by atoms with van der Waals surface area (Å²) in [5, 5.41) is 2.84. The fourth-order valence-corrected chi connectivity index (χ4v) is 2.05. The van der Waals surface area contributed by atoms with E-state index in [4.69, 9.17) is 0 Å². The van der Waals surface area contributed by atoms with Gasteiger partial charge in [0.15, 0.2) is 0 Å². The Hall–Kier alpha value is -1.64. The molecule has 0 aliphatic rings. The van der Waals surface area contributed by atoms with Gasteiger partial charge in [-0.05, 0) is 25.0 Å². The topological polar surface area (TPSA) is 46.2 Å². The molecule has 0 aliphatic heterocycles. The molecule has 0 spiro atoms. The minimum Gasteiger partial charge on any atom is -0.352 e. The summed E-state index contributed by atoms with van der Waals surface area (Å²) in [7, 11) is 0. The largest absolute Gasteiger partial charge is 0.352 e. The quantitative estimate of drug-likeness (QED) is 0.661. The number of amides is 1. The third-order valence-corrected chi connectivity index (χ3v) is 3.26. The Bertz CT molecular complexity index is 401. The first kappa shape index (κ1) is 16.4. The predicted octanol–water partition coefficient (Wildman–Crippen LogP) is 3.74. The number of carbonyl (C=O) groups excluding carboxylic acids is 2. The van der Waals surface area contributed by atoms with E-state index in [0.717, 1.165) is 19.3 Å². The molecule has 1 aromatic rings. The van der Waals surface area contributed by atoms with Gasteiger partial charge in [0, 0.05) is 24.9 Å². The number of carbonyl (C=O) groups is 2. The maximum Gasteiger partial charge on any atom is 0.251 e. The zero-order valence-corrected chi connectivity index (χ0v) is 12.4. The number of benzene rings is 1. The van der Waals surface area contributed by atoms with Crippen LogP contribution in [0.5, 0.6) is 0 Å². The first-order chi connectivity index (χ1) is 9.74. The van der Waals surface area contributed by atoms with Gasteiger partial charge in [0.25, 0.3) is 5.91 Å². The molecule has 1 amide bonds. The van der Waals surface area contributed by atoms with Gasteiger partial charge in [-0.15, -0.1) is 0 Å². The van der Waals surface area contributed by atoms with Crippen molar-refractivity contribution in [1.29, 1.82) is 0 Å². The summed E-state index contributed by atoms with van der Waals surface area (Å²) in [6.45, 7) is 2.73. The lowest BCUT2D eigenvalue weighted by Gasteiger charge is -2.05. The summed E-state index contributed by atoms with van der Waals surface area (Å²) in [5.41, 5.74) is 0.665. The number of hydrogen-bond acceptors (Lipinski definition) is 2. The van der Waals surface area contributed by atoms with Gasteiger partial charge in [0.1, 0.15) is 5.78 Å². The van der Waals surface area contributed by atoms with Crippen molar-refractivity contribution >= 4 is 11.7 Å². The molecule has 1 rings (SSSR count). The van der Waals surface area contributed by atoms with Crippen molar-refractivity contribution in [1.82, 2.24) is 5.32 Å². The molecule has 1 aromatic carbocycles. The molecule has 0 atom stereocenters. The van der Waals surface area contributed by atoms with Gasteiger partial charge in [-0.3, -0.25) is 9.59 Å². The summed E-state index contributed by atoms with van der Waals surface area (Å²) in [5.74, 6) is 0.246. The Morgan fingerprint density at radius 3 is 2.35 bits per heavy atom. The van der Waals surface area contributed by atoms with E-state index in [1.165, 1.54) is 12.8 Å². The van der Waals surface area contributed by atoms with Crippen molar-refractivity contribution in [3.63, 3.8) is 0 Å². The highest BCUT2D eigenvalue weighted by molar-refractivity contribution is 5.94. The number of hydrogen-bond donors (Lipinski definition) is 1. The molecule has 0 radical (unpaired) electrons. The predicted molar refractivity (Wildman–Crippen MR) is 81.8 cm³/mol. The lowest BCUT2D eigenvalue weighted by atomic mass is 10.1. The molecule has 0 fully saturated rings. The third-order valence-electron chi connectivity index (χ3n) is 3.26. The highest BCUT2D eigenvalue weighted by atomic mass is 16.1. The lowest BCUT2D eigenvalue weighted by molar-refractivity contribution is -0.119. The Kier molecular flexibility index (Phi) is 8.36. The van der Waals surface area contributed by atoms with Crippen molar-refractivity contribution in [3.8, 4) is 0 Å². The molecular formula is C17H25NO2. The molecule has 0 aromatic heterocycles. The monoisotopic (exact) mass is 275 g/mol. The van der Waals surface area contributed by atoms with Gasteiger partial charge in [-0.1, -0.05) is 44.4 Å². The molecule has 0 unspecified atom stereocenters. The van der Waals surface area contributed by atoms with Gasteiger partial charge >= 0.3 is 0 Å². The van der Waals surface area contributed by atoms with E-state index in [9.17, 15) is 9.59 Å². The fourth-order valence-electron chi connectivity index (χ4n) is 2.05. The van der Waals surface area contributed by atoms with Crippen LogP contribution in [0.25, 0.3) is 0 Å². The number of rotatable bonds is 10. The molecule has 0 saturated heterocycles. The smallest absolute Gasteiger partial charge is 0.251 e. The van der Waals surface area contributed by atoms with Gasteiger partial charge in [-0.2, -0.15) is 0 Å². The van der Waals surface area contributed by atoms with E-state index in [-0.39, 0.29) is 5.91 Å². The van der Waals surface area contributed by atoms with E-state index in [1.54, 1.807) is 12.1 Å². The SMILES string of the molecule is CCCCCCC(=O)CCCNC(=O)c1ccccc1. The Labute approximate surface area is 121 Å². The van der Waals surface area contributed by atoms with E-state index in [0.29, 0.717) is 30.7 Å². The van der Waals surface area contributed by atoms with Crippen LogP contribution >= 0.6 is 0 Å². The standard InChI is InChI=1S/C17H25NO2/c1-2-3-4-8-12-16(19)13-9-14-18-17(20)15-10-6-5-7-11-15/h5-7,10-11H,2-4,8-9,12-14H2,1H3,(H,18,20). The zero-order valence-electron chi connectivity index (χ0n) is 12.4. The van der Waals surface area contributed by atoms with Gasteiger partial charge < -0.3 is 5.32 Å². The van der Waals surface area contributed by atoms with Gasteiger partial charge in [0.05, 0.1) is 0 Å². The first-order valence-corrected chi connectivity index (χ1v) is 7.59. The summed E-state index contributed by atoms with van der Waals surface area (Å²) >= 11 is 0. The van der Waals surface area contributed by atoms with Gasteiger partial charge in [-0.25, -0.2) is 0 Å². The zero-order chi connectivity index (χ0) is 14.6. The maximum atomic E-state index is 11.7. The highest BCUT2D eigenvalue weighted by Crippen LogP contribution is 2.05. The first-order valence-electron chi connectivity index (χ1n) is 7.59. The molecule has 0 saturated carbocycles. The van der Waals surface area contributed by atoms with E-state index < -0.39 is 0 Å². The van der Waals surface area contributed by atoms with Crippen molar-refractivity contribution in [2.75, 3.05) is 6.54 Å². The van der Waals surface area contributed by atoms with Crippen molar-refractivity contribution in [2.45, 2.75) is 51.9 Å². The highest BCUT2D eigenvalue weighted by Gasteiger charge is 2.05. The fraction of sp³-hybridized carbons (Fsp3) is 0.529. The van der Waals surface area contributed by atoms with Crippen LogP contribution in [0.2, 0.25) is 0 Å². The summed E-state index contributed by atoms with van der Waals surface area (Å²) in [4.78, 5) is 23.3. The van der Waals surface area contributed by atoms with Crippen LogP contribution in [0.4, 0.5) is 0 Å². The minimum atomic E-state index is -0.0685. The molecule has 20 heavy (non-hydrogen) atoms. The van der Waals surface area contributed by atoms with Gasteiger partial charge in [0.2, 0.25) is 0 Å². The molecular weight excluding hydrogens is 250 g/mol. The Balaban J connectivity index is 2.07. The summed E-state index contributed by atoms with van der Waals surface area (Å²) < 4.78 is 0. The van der Waals surface area contributed by atoms with E-state index >= 15 is 0 Å². The number of unbranched alkanes of at least 4 members (excludes halogenated alkanes) is 3. The molecule has 3 nitrogen and oxygen atoms in total. The van der Waals surface area contributed by atoms with Crippen LogP contribution in [0.1, 0.15) is 62.2 Å². The summed E-state index contributed by atoms with van der Waals surface area (Å²) in [6, 6.07) is 9.14. The minimum absolute atomic E-state index is 0.0685. The Morgan fingerprint density at radius 2 is 1.65 bits per heavy atom. The molecule has 3 heteroatoms. The van der Waals surface area contributed by atoms with E-state index in [2.05, 4.69) is 12.2 Å². The van der Waals surface area contributed by atoms with Crippen molar-refractivity contribution in [3.05, 3.63) is 35.9 Å².